The van der Waals surface area contributed by atoms with Crippen molar-refractivity contribution in [3.63, 3.8) is 0 Å². The number of benzene rings is 1. The van der Waals surface area contributed by atoms with Crippen molar-refractivity contribution < 1.29 is 10.2 Å². The molecule has 3 rings (SSSR count). The largest absolute Gasteiger partial charge is 0.504 e. The molecule has 1 aliphatic rings. The maximum absolute atomic E-state index is 9.55. The quantitative estimate of drug-likeness (QED) is 0.655. The first kappa shape index (κ1) is 14.1. The number of nitrogens with zero attached hydrogens (tertiary/aromatic N) is 4. The second-order valence-electron chi connectivity index (χ2n) is 5.32. The molecule has 0 radical (unpaired) electrons. The number of rotatable bonds is 2. The Morgan fingerprint density at radius 2 is 2.05 bits per heavy atom. The van der Waals surface area contributed by atoms with Gasteiger partial charge in [0.15, 0.2) is 17.3 Å². The van der Waals surface area contributed by atoms with Gasteiger partial charge in [0.25, 0.3) is 0 Å². The van der Waals surface area contributed by atoms with Gasteiger partial charge in [-0.3, -0.25) is 0 Å². The molecule has 0 amide bonds. The number of aryl methyl sites for hydroxylation is 1. The van der Waals surface area contributed by atoms with Crippen LogP contribution in [-0.2, 0) is 13.0 Å². The van der Waals surface area contributed by atoms with E-state index in [0.717, 1.165) is 38.1 Å². The summed E-state index contributed by atoms with van der Waals surface area (Å²) in [6, 6.07) is 6.58. The molecule has 1 aromatic heterocycles. The second-order valence-corrected chi connectivity index (χ2v) is 5.32. The number of allylic oxidation sites excluding steroid dienone is 1. The van der Waals surface area contributed by atoms with Gasteiger partial charge in [-0.05, 0) is 36.6 Å². The summed E-state index contributed by atoms with van der Waals surface area (Å²) in [5.74, 6) is 1.08. The fourth-order valence-corrected chi connectivity index (χ4v) is 2.63. The molecule has 2 aromatic rings. The fraction of sp³-hybridized carbons (Fsp3) is 0.312. The van der Waals surface area contributed by atoms with E-state index in [9.17, 15) is 15.5 Å². The van der Waals surface area contributed by atoms with Gasteiger partial charge in [0, 0.05) is 13.0 Å². The Labute approximate surface area is 128 Å². The molecule has 0 bridgehead atoms. The fourth-order valence-electron chi connectivity index (χ4n) is 2.63. The third-order valence-corrected chi connectivity index (χ3v) is 3.78. The van der Waals surface area contributed by atoms with Gasteiger partial charge in [-0.2, -0.15) is 5.26 Å². The lowest BCUT2D eigenvalue weighted by Crippen LogP contribution is -2.05. The highest BCUT2D eigenvalue weighted by molar-refractivity contribution is 5.87. The maximum atomic E-state index is 9.55. The summed E-state index contributed by atoms with van der Waals surface area (Å²) < 4.78 is 2.00. The van der Waals surface area contributed by atoms with Crippen LogP contribution in [0.15, 0.2) is 18.2 Å². The van der Waals surface area contributed by atoms with Crippen LogP contribution in [-0.4, -0.2) is 25.0 Å². The zero-order chi connectivity index (χ0) is 15.5. The molecule has 6 heteroatoms. The first-order valence-electron chi connectivity index (χ1n) is 7.25. The van der Waals surface area contributed by atoms with E-state index in [-0.39, 0.29) is 11.5 Å². The summed E-state index contributed by atoms with van der Waals surface area (Å²) >= 11 is 0. The topological polar surface area (TPSA) is 95.0 Å². The predicted octanol–water partition coefficient (Wildman–Crippen LogP) is 2.48. The Morgan fingerprint density at radius 3 is 2.82 bits per heavy atom. The van der Waals surface area contributed by atoms with Gasteiger partial charge in [0.05, 0.1) is 5.57 Å². The Balaban J connectivity index is 2.01. The lowest BCUT2D eigenvalue weighted by atomic mass is 10.1. The summed E-state index contributed by atoms with van der Waals surface area (Å²) in [4.78, 5) is 0. The number of aromatic hydroxyl groups is 2. The maximum Gasteiger partial charge on any atom is 0.174 e. The van der Waals surface area contributed by atoms with E-state index in [0.29, 0.717) is 17.0 Å². The smallest absolute Gasteiger partial charge is 0.174 e. The molecule has 6 nitrogen and oxygen atoms in total. The van der Waals surface area contributed by atoms with Gasteiger partial charge in [-0.1, -0.05) is 12.5 Å². The summed E-state index contributed by atoms with van der Waals surface area (Å²) in [6.45, 7) is 0.817. The molecular weight excluding hydrogens is 280 g/mol. The standard InChI is InChI=1S/C16H16N4O2/c17-10-12(8-11-5-6-13(21)14(22)9-11)16-19-18-15-4-2-1-3-7-20(15)16/h5-6,8-9,21-22H,1-4,7H2. The molecule has 0 aliphatic carbocycles. The van der Waals surface area contributed by atoms with Crippen LogP contribution >= 0.6 is 0 Å². The van der Waals surface area contributed by atoms with Crippen molar-refractivity contribution >= 4 is 11.6 Å². The van der Waals surface area contributed by atoms with Gasteiger partial charge in [-0.25, -0.2) is 0 Å². The normalized spacial score (nSPS) is 15.0. The predicted molar refractivity (Wildman–Crippen MR) is 80.8 cm³/mol. The Morgan fingerprint density at radius 1 is 1.18 bits per heavy atom. The molecule has 0 fully saturated rings. The highest BCUT2D eigenvalue weighted by atomic mass is 16.3. The van der Waals surface area contributed by atoms with Gasteiger partial charge < -0.3 is 14.8 Å². The van der Waals surface area contributed by atoms with Crippen LogP contribution in [0.4, 0.5) is 0 Å². The Hall–Kier alpha value is -2.81. The van der Waals surface area contributed by atoms with Crippen LogP contribution in [0.25, 0.3) is 11.6 Å². The highest BCUT2D eigenvalue weighted by Crippen LogP contribution is 2.27. The molecule has 2 N–H and O–H groups in total. The number of aromatic nitrogens is 3. The summed E-state index contributed by atoms with van der Waals surface area (Å²) in [5, 5.41) is 36.7. The summed E-state index contributed by atoms with van der Waals surface area (Å²) in [7, 11) is 0. The van der Waals surface area contributed by atoms with Crippen molar-refractivity contribution in [1.29, 1.82) is 5.26 Å². The van der Waals surface area contributed by atoms with E-state index in [2.05, 4.69) is 16.3 Å². The average molecular weight is 296 g/mol. The molecule has 2 heterocycles. The number of phenolic OH excluding ortho intramolecular Hbond substituents is 2. The number of nitriles is 1. The third-order valence-electron chi connectivity index (χ3n) is 3.78. The van der Waals surface area contributed by atoms with Crippen molar-refractivity contribution in [2.24, 2.45) is 0 Å². The zero-order valence-corrected chi connectivity index (χ0v) is 12.0. The van der Waals surface area contributed by atoms with E-state index >= 15 is 0 Å². The van der Waals surface area contributed by atoms with Crippen molar-refractivity contribution in [3.8, 4) is 17.6 Å². The Kier molecular flexibility index (Phi) is 3.79. The molecule has 22 heavy (non-hydrogen) atoms. The zero-order valence-electron chi connectivity index (χ0n) is 12.0. The van der Waals surface area contributed by atoms with Crippen LogP contribution in [0.2, 0.25) is 0 Å². The van der Waals surface area contributed by atoms with Crippen LogP contribution in [0.3, 0.4) is 0 Å². The lowest BCUT2D eigenvalue weighted by molar-refractivity contribution is 0.403. The monoisotopic (exact) mass is 296 g/mol. The molecule has 1 aromatic carbocycles. The summed E-state index contributed by atoms with van der Waals surface area (Å²) in [5.41, 5.74) is 1.02. The van der Waals surface area contributed by atoms with Crippen LogP contribution in [0.5, 0.6) is 11.5 Å². The molecule has 0 saturated carbocycles. The number of hydrogen-bond acceptors (Lipinski definition) is 5. The minimum atomic E-state index is -0.217. The van der Waals surface area contributed by atoms with Gasteiger partial charge in [-0.15, -0.1) is 10.2 Å². The Bertz CT molecular complexity index is 771. The first-order chi connectivity index (χ1) is 10.7. The lowest BCUT2D eigenvalue weighted by Gasteiger charge is -2.06. The van der Waals surface area contributed by atoms with Crippen molar-refractivity contribution in [3.05, 3.63) is 35.4 Å². The number of fused-ring (bicyclic) bond motifs is 1. The van der Waals surface area contributed by atoms with E-state index in [4.69, 9.17) is 0 Å². The highest BCUT2D eigenvalue weighted by Gasteiger charge is 2.17. The van der Waals surface area contributed by atoms with Crippen LogP contribution in [0.1, 0.15) is 36.5 Å². The second kappa shape index (κ2) is 5.90. The van der Waals surface area contributed by atoms with Crippen molar-refractivity contribution in [1.82, 2.24) is 14.8 Å². The van der Waals surface area contributed by atoms with Gasteiger partial charge in [0.1, 0.15) is 11.9 Å². The number of hydrogen-bond donors (Lipinski definition) is 2. The number of phenols is 2. The van der Waals surface area contributed by atoms with Crippen molar-refractivity contribution in [2.45, 2.75) is 32.2 Å². The molecular formula is C16H16N4O2. The molecule has 112 valence electrons. The SMILES string of the molecule is N#CC(=Cc1ccc(O)c(O)c1)c1nnc2n1CCCCC2. The minimum Gasteiger partial charge on any atom is -0.504 e. The van der Waals surface area contributed by atoms with Crippen molar-refractivity contribution in [2.75, 3.05) is 0 Å². The van der Waals surface area contributed by atoms with Gasteiger partial charge in [0.2, 0.25) is 0 Å². The third kappa shape index (κ3) is 2.66. The van der Waals surface area contributed by atoms with Crippen LogP contribution < -0.4 is 0 Å². The molecule has 0 atom stereocenters. The molecule has 1 aliphatic heterocycles. The first-order valence-corrected chi connectivity index (χ1v) is 7.25. The molecule has 0 spiro atoms. The van der Waals surface area contributed by atoms with Crippen LogP contribution in [0, 0.1) is 11.3 Å². The van der Waals surface area contributed by atoms with E-state index < -0.39 is 0 Å². The van der Waals surface area contributed by atoms with E-state index in [1.807, 2.05) is 4.57 Å². The van der Waals surface area contributed by atoms with E-state index in [1.165, 1.54) is 12.1 Å². The average Bonchev–Trinajstić information content (AvgIpc) is 2.77. The molecule has 0 unspecified atom stereocenters. The summed E-state index contributed by atoms with van der Waals surface area (Å²) in [6.07, 6.45) is 5.82. The van der Waals surface area contributed by atoms with Gasteiger partial charge >= 0.3 is 0 Å². The minimum absolute atomic E-state index is 0.188. The van der Waals surface area contributed by atoms with E-state index in [1.54, 1.807) is 12.1 Å². The molecule has 0 saturated heterocycles.